The summed E-state index contributed by atoms with van der Waals surface area (Å²) in [6.45, 7) is 0.217. The molecule has 0 N–H and O–H groups in total. The van der Waals surface area contributed by atoms with Crippen molar-refractivity contribution in [2.45, 2.75) is 6.54 Å². The van der Waals surface area contributed by atoms with Gasteiger partial charge in [0.15, 0.2) is 10.9 Å². The number of rotatable bonds is 5. The average Bonchev–Trinajstić information content (AvgIpc) is 3.58. The number of hydrogen-bond donors (Lipinski definition) is 0. The Kier molecular flexibility index (Phi) is 5.75. The lowest BCUT2D eigenvalue weighted by Gasteiger charge is -2.21. The maximum atomic E-state index is 14.5. The highest BCUT2D eigenvalue weighted by Gasteiger charge is 2.25. The molecule has 0 spiro atoms. The summed E-state index contributed by atoms with van der Waals surface area (Å²) in [4.78, 5) is 25.9. The molecule has 6 rings (SSSR count). The molecule has 0 saturated heterocycles. The summed E-state index contributed by atoms with van der Waals surface area (Å²) in [6.07, 6.45) is 0. The smallest absolute Gasteiger partial charge is 0.261 e. The molecule has 8 heteroatoms. The number of fused-ring (bicyclic) bond motifs is 2. The van der Waals surface area contributed by atoms with Gasteiger partial charge in [-0.1, -0.05) is 65.9 Å². The summed E-state index contributed by atoms with van der Waals surface area (Å²) in [6, 6.07) is 24.7. The highest BCUT2D eigenvalue weighted by Crippen LogP contribution is 2.35. The summed E-state index contributed by atoms with van der Waals surface area (Å²) in [5, 5.41) is 2.96. The van der Waals surface area contributed by atoms with Crippen molar-refractivity contribution in [2.75, 3.05) is 4.90 Å². The Labute approximate surface area is 213 Å². The van der Waals surface area contributed by atoms with E-state index in [0.717, 1.165) is 27.8 Å². The number of aromatic nitrogens is 2. The van der Waals surface area contributed by atoms with E-state index in [4.69, 9.17) is 4.98 Å². The molecule has 0 aliphatic heterocycles. The summed E-state index contributed by atoms with van der Waals surface area (Å²) < 4.78 is 28.7. The highest BCUT2D eigenvalue weighted by molar-refractivity contribution is 7.22. The number of anilines is 1. The molecular weight excluding hydrogens is 496 g/mol. The van der Waals surface area contributed by atoms with Gasteiger partial charge in [0.1, 0.15) is 11.3 Å². The summed E-state index contributed by atoms with van der Waals surface area (Å²) in [5.74, 6) is -1.74. The molecule has 0 saturated carbocycles. The lowest BCUT2D eigenvalue weighted by Crippen LogP contribution is -2.30. The lowest BCUT2D eigenvalue weighted by molar-refractivity contribution is 0.0986. The Morgan fingerprint density at radius 1 is 0.889 bits per heavy atom. The summed E-state index contributed by atoms with van der Waals surface area (Å²) in [5.41, 5.74) is 2.79. The molecule has 1 amide bonds. The first-order chi connectivity index (χ1) is 17.6. The van der Waals surface area contributed by atoms with E-state index in [-0.39, 0.29) is 18.0 Å². The fourth-order valence-corrected chi connectivity index (χ4v) is 5.79. The molecule has 3 heterocycles. The Balaban J connectivity index is 1.53. The normalized spacial score (nSPS) is 11.3. The molecule has 36 heavy (non-hydrogen) atoms. The predicted octanol–water partition coefficient (Wildman–Crippen LogP) is 7.70. The van der Waals surface area contributed by atoms with Crippen LogP contribution < -0.4 is 4.90 Å². The van der Waals surface area contributed by atoms with Gasteiger partial charge in [-0.15, -0.1) is 11.3 Å². The van der Waals surface area contributed by atoms with E-state index < -0.39 is 11.6 Å². The number of thiazole rings is 1. The van der Waals surface area contributed by atoms with Gasteiger partial charge in [-0.2, -0.15) is 0 Å². The van der Waals surface area contributed by atoms with Crippen LogP contribution in [0.15, 0.2) is 90.3 Å². The molecule has 0 atom stereocenters. The van der Waals surface area contributed by atoms with Gasteiger partial charge >= 0.3 is 0 Å². The van der Waals surface area contributed by atoms with E-state index in [2.05, 4.69) is 4.98 Å². The Morgan fingerprint density at radius 3 is 2.50 bits per heavy atom. The van der Waals surface area contributed by atoms with Crippen molar-refractivity contribution >= 4 is 54.8 Å². The fourth-order valence-electron chi connectivity index (χ4n) is 4.10. The van der Waals surface area contributed by atoms with Crippen LogP contribution in [0.25, 0.3) is 31.7 Å². The predicted molar refractivity (Wildman–Crippen MR) is 142 cm³/mol. The van der Waals surface area contributed by atoms with Crippen molar-refractivity contribution in [3.63, 3.8) is 0 Å². The second-order valence-corrected chi connectivity index (χ2v) is 10.1. The number of nitrogens with zero attached hydrogens (tertiary/aromatic N) is 3. The number of carbonyl (C=O) groups is 1. The van der Waals surface area contributed by atoms with Crippen LogP contribution in [0.4, 0.5) is 13.9 Å². The second kappa shape index (κ2) is 9.22. The molecule has 3 aromatic heterocycles. The topological polar surface area (TPSA) is 46.1 Å². The molecule has 176 valence electrons. The van der Waals surface area contributed by atoms with Gasteiger partial charge in [-0.05, 0) is 35.2 Å². The summed E-state index contributed by atoms with van der Waals surface area (Å²) >= 11 is 2.63. The van der Waals surface area contributed by atoms with Gasteiger partial charge in [0.05, 0.1) is 32.9 Å². The van der Waals surface area contributed by atoms with Gasteiger partial charge < -0.3 is 0 Å². The van der Waals surface area contributed by atoms with Crippen LogP contribution in [0.3, 0.4) is 0 Å². The van der Waals surface area contributed by atoms with Crippen molar-refractivity contribution in [3.05, 3.63) is 113 Å². The maximum Gasteiger partial charge on any atom is 0.261 e. The first kappa shape index (κ1) is 22.5. The molecule has 3 aromatic carbocycles. The van der Waals surface area contributed by atoms with E-state index >= 15 is 0 Å². The largest absolute Gasteiger partial charge is 0.279 e. The van der Waals surface area contributed by atoms with E-state index in [0.29, 0.717) is 32.0 Å². The fraction of sp³-hybridized carbons (Fsp3) is 0.0357. The van der Waals surface area contributed by atoms with Crippen LogP contribution in [0, 0.1) is 11.6 Å². The number of halogens is 2. The van der Waals surface area contributed by atoms with E-state index in [1.807, 2.05) is 72.1 Å². The quantitative estimate of drug-likeness (QED) is 0.237. The Hall–Kier alpha value is -4.01. The van der Waals surface area contributed by atoms with E-state index in [1.54, 1.807) is 17.4 Å². The molecule has 0 unspecified atom stereocenters. The monoisotopic (exact) mass is 513 g/mol. The number of pyridine rings is 1. The highest BCUT2D eigenvalue weighted by atomic mass is 32.1. The molecule has 0 fully saturated rings. The number of thiophene rings is 1. The maximum absolute atomic E-state index is 14.5. The third-order valence-corrected chi connectivity index (χ3v) is 7.70. The first-order valence-electron chi connectivity index (χ1n) is 11.1. The molecule has 4 nitrogen and oxygen atoms in total. The minimum atomic E-state index is -0.756. The van der Waals surface area contributed by atoms with Crippen LogP contribution in [0.1, 0.15) is 15.9 Å². The van der Waals surface area contributed by atoms with Crippen molar-refractivity contribution in [1.82, 2.24) is 9.97 Å². The number of amides is 1. The molecule has 0 aliphatic carbocycles. The third-order valence-electron chi connectivity index (χ3n) is 5.78. The molecule has 0 radical (unpaired) electrons. The Bertz CT molecular complexity index is 1720. The Morgan fingerprint density at radius 2 is 1.69 bits per heavy atom. The van der Waals surface area contributed by atoms with Crippen molar-refractivity contribution in [2.24, 2.45) is 0 Å². The van der Waals surface area contributed by atoms with Crippen molar-refractivity contribution < 1.29 is 13.6 Å². The molecule has 0 aliphatic rings. The first-order valence-corrected chi connectivity index (χ1v) is 12.8. The number of benzene rings is 3. The van der Waals surface area contributed by atoms with E-state index in [9.17, 15) is 13.6 Å². The lowest BCUT2D eigenvalue weighted by atomic mass is 10.1. The van der Waals surface area contributed by atoms with Gasteiger partial charge in [0.25, 0.3) is 5.91 Å². The van der Waals surface area contributed by atoms with Crippen molar-refractivity contribution in [1.29, 1.82) is 0 Å². The zero-order valence-corrected chi connectivity index (χ0v) is 20.3. The number of carbonyl (C=O) groups excluding carboxylic acids is 1. The number of para-hydroxylation sites is 1. The average molecular weight is 514 g/mol. The zero-order chi connectivity index (χ0) is 24.6. The molecular formula is C28H17F2N3OS2. The minimum absolute atomic E-state index is 0.0427. The standard InChI is InChI=1S/C28H17F2N3OS2/c29-18-13-21(30)26-25(14-18)36-28(32-26)33(16-17-7-2-1-3-8-17)27(34)20-15-23(24-11-6-12-35-24)31-22-10-5-4-9-19(20)22/h1-15H,16H2. The van der Waals surface area contributed by atoms with Crippen LogP contribution in [0.5, 0.6) is 0 Å². The van der Waals surface area contributed by atoms with Crippen LogP contribution in [-0.2, 0) is 6.54 Å². The summed E-state index contributed by atoms with van der Waals surface area (Å²) in [7, 11) is 0. The van der Waals surface area contributed by atoms with Crippen molar-refractivity contribution in [3.8, 4) is 10.6 Å². The van der Waals surface area contributed by atoms with Gasteiger partial charge in [-0.25, -0.2) is 18.7 Å². The second-order valence-electron chi connectivity index (χ2n) is 8.16. The van der Waals surface area contributed by atoms with Crippen LogP contribution in [-0.4, -0.2) is 15.9 Å². The minimum Gasteiger partial charge on any atom is -0.279 e. The van der Waals surface area contributed by atoms with Gasteiger partial charge in [0, 0.05) is 11.5 Å². The van der Waals surface area contributed by atoms with E-state index in [1.165, 1.54) is 11.0 Å². The third kappa shape index (κ3) is 4.14. The van der Waals surface area contributed by atoms with Crippen LogP contribution in [0.2, 0.25) is 0 Å². The van der Waals surface area contributed by atoms with Gasteiger partial charge in [0.2, 0.25) is 0 Å². The number of hydrogen-bond acceptors (Lipinski definition) is 5. The van der Waals surface area contributed by atoms with Gasteiger partial charge in [-0.3, -0.25) is 9.69 Å². The van der Waals surface area contributed by atoms with Crippen LogP contribution >= 0.6 is 22.7 Å². The zero-order valence-electron chi connectivity index (χ0n) is 18.7. The molecule has 0 bridgehead atoms. The molecule has 6 aromatic rings. The SMILES string of the molecule is O=C(c1cc(-c2cccs2)nc2ccccc12)N(Cc1ccccc1)c1nc2c(F)cc(F)cc2s1.